The minimum absolute atomic E-state index is 0.802. The van der Waals surface area contributed by atoms with Crippen LogP contribution in [0.1, 0.15) is 0 Å². The van der Waals surface area contributed by atoms with E-state index in [1.165, 1.54) is 0 Å². The fraction of sp³-hybridized carbons (Fsp3) is 1.00. The molecule has 0 spiro atoms. The lowest BCUT2D eigenvalue weighted by atomic mass is 9.98. The molecule has 0 amide bonds. The van der Waals surface area contributed by atoms with E-state index in [1.54, 1.807) is 0 Å². The molecule has 0 aliphatic heterocycles. The molecule has 2 nitrogen and oxygen atoms in total. The highest BCUT2D eigenvalue weighted by molar-refractivity contribution is 7.91. The van der Waals surface area contributed by atoms with Gasteiger partial charge < -0.3 is 0 Å². The number of sulfone groups is 1. The molecule has 0 aromatic heterocycles. The van der Waals surface area contributed by atoms with Gasteiger partial charge in [-0.25, -0.2) is 8.42 Å². The van der Waals surface area contributed by atoms with Gasteiger partial charge in [0, 0.05) is 6.26 Å². The smallest absolute Gasteiger partial charge is 0.223 e. The Morgan fingerprint density at radius 3 is 1.09 bits per heavy atom. The molecule has 0 fully saturated rings. The molecule has 0 aromatic rings. The molecule has 0 rings (SSSR count). The zero-order valence-electron chi connectivity index (χ0n) is 10.1. The van der Waals surface area contributed by atoms with Crippen molar-refractivity contribution in [1.29, 1.82) is 0 Å². The summed E-state index contributed by atoms with van der Waals surface area (Å²) in [4.78, 5) is 0. The summed E-state index contributed by atoms with van der Waals surface area (Å²) in [7, 11) is -6.55. The van der Waals surface area contributed by atoms with Gasteiger partial charge in [0.1, 0.15) is 0 Å². The monoisotopic (exact) mass is 414 g/mol. The van der Waals surface area contributed by atoms with Crippen molar-refractivity contribution in [2.75, 3.05) is 6.26 Å². The van der Waals surface area contributed by atoms with Gasteiger partial charge in [0.2, 0.25) is 9.84 Å². The Morgan fingerprint density at radius 1 is 0.609 bits per heavy atom. The average molecular weight is 415 g/mol. The third-order valence-electron chi connectivity index (χ3n) is 2.37. The molecule has 0 saturated heterocycles. The van der Waals surface area contributed by atoms with Gasteiger partial charge >= 0.3 is 34.3 Å². The highest BCUT2D eigenvalue weighted by atomic mass is 35.5. The summed E-state index contributed by atoms with van der Waals surface area (Å²) >= 11 is 3.42. The molecule has 23 heavy (non-hydrogen) atoms. The summed E-state index contributed by atoms with van der Waals surface area (Å²) in [5.41, 5.74) is 0. The van der Waals surface area contributed by atoms with Crippen molar-refractivity contribution in [2.45, 2.75) is 34.3 Å². The Balaban J connectivity index is 6.48. The third kappa shape index (κ3) is 2.82. The first-order chi connectivity index (χ1) is 9.50. The topological polar surface area (TPSA) is 34.1 Å². The second kappa shape index (κ2) is 5.20. The largest absolute Gasteiger partial charge is 0.413 e. The van der Waals surface area contributed by atoms with Crippen molar-refractivity contribution in [3.63, 3.8) is 0 Å². The normalized spacial score (nSPS) is 16.6. The molecule has 0 aliphatic carbocycles. The lowest BCUT2D eigenvalue weighted by molar-refractivity contribution is -0.407. The molecular weight excluding hydrogens is 412 g/mol. The Labute approximate surface area is 124 Å². The lowest BCUT2D eigenvalue weighted by Crippen LogP contribution is -2.70. The number of hydrogen-bond acceptors (Lipinski definition) is 2. The van der Waals surface area contributed by atoms with Crippen LogP contribution >= 0.6 is 11.6 Å². The van der Waals surface area contributed by atoms with E-state index in [-0.39, 0.29) is 0 Å². The second-order valence-corrected chi connectivity index (χ2v) is 6.62. The molecular formula is C7H3ClF12O2S. The van der Waals surface area contributed by atoms with Gasteiger partial charge in [-0.1, -0.05) is 0 Å². The van der Waals surface area contributed by atoms with Crippen LogP contribution in [0, 0.1) is 0 Å². The van der Waals surface area contributed by atoms with Crippen LogP contribution in [0.25, 0.3) is 0 Å². The first kappa shape index (κ1) is 22.4. The summed E-state index contributed by atoms with van der Waals surface area (Å²) in [6.45, 7) is 0. The van der Waals surface area contributed by atoms with Crippen molar-refractivity contribution in [3.05, 3.63) is 0 Å². The van der Waals surface area contributed by atoms with Gasteiger partial charge in [0.05, 0.1) is 0 Å². The molecule has 0 aromatic carbocycles. The summed E-state index contributed by atoms with van der Waals surface area (Å²) in [5.74, 6) is -30.9. The fourth-order valence-electron chi connectivity index (χ4n) is 0.988. The van der Waals surface area contributed by atoms with E-state index in [0.717, 1.165) is 0 Å². The Morgan fingerprint density at radius 2 is 0.870 bits per heavy atom. The average Bonchev–Trinajstić information content (AvgIpc) is 2.24. The number of alkyl halides is 13. The van der Waals surface area contributed by atoms with E-state index >= 15 is 0 Å². The van der Waals surface area contributed by atoms with Gasteiger partial charge in [-0.15, -0.1) is 0 Å². The summed E-state index contributed by atoms with van der Waals surface area (Å²) in [5, 5.41) is -13.6. The maximum Gasteiger partial charge on any atom is 0.413 e. The molecule has 0 aliphatic rings. The standard InChI is InChI=1S/C7H3ClF12O2S/c1-23(21,22)7(19,20)5(15,16)3(11,12)2(9,10)4(13,14)6(8,17)18/h1H3. The van der Waals surface area contributed by atoms with E-state index in [0.29, 0.717) is 0 Å². The van der Waals surface area contributed by atoms with Crippen LogP contribution in [0.2, 0.25) is 0 Å². The molecule has 0 unspecified atom stereocenters. The molecule has 0 bridgehead atoms. The van der Waals surface area contributed by atoms with E-state index in [1.807, 2.05) is 0 Å². The van der Waals surface area contributed by atoms with E-state index in [9.17, 15) is 61.1 Å². The quantitative estimate of drug-likeness (QED) is 0.486. The first-order valence-electron chi connectivity index (χ1n) is 4.65. The Bertz CT molecular complexity index is 562. The van der Waals surface area contributed by atoms with E-state index < -0.39 is 50.4 Å². The van der Waals surface area contributed by atoms with Crippen LogP contribution in [-0.4, -0.2) is 49.0 Å². The minimum atomic E-state index is -7.94. The zero-order chi connectivity index (χ0) is 19.5. The second-order valence-electron chi connectivity index (χ2n) is 4.08. The molecule has 0 saturated carbocycles. The fourth-order valence-corrected chi connectivity index (χ4v) is 1.70. The predicted molar refractivity (Wildman–Crippen MR) is 50.4 cm³/mol. The Hall–Kier alpha value is -0.600. The van der Waals surface area contributed by atoms with Crippen LogP contribution in [-0.2, 0) is 9.84 Å². The van der Waals surface area contributed by atoms with Crippen molar-refractivity contribution < 1.29 is 61.1 Å². The summed E-state index contributed by atoms with van der Waals surface area (Å²) in [6, 6.07) is 0. The maximum atomic E-state index is 12.9. The summed E-state index contributed by atoms with van der Waals surface area (Å²) in [6.07, 6.45) is -0.802. The highest BCUT2D eigenvalue weighted by Gasteiger charge is 2.91. The molecule has 16 heteroatoms. The molecule has 0 atom stereocenters. The highest BCUT2D eigenvalue weighted by Crippen LogP contribution is 2.61. The van der Waals surface area contributed by atoms with Crippen molar-refractivity contribution in [2.24, 2.45) is 0 Å². The van der Waals surface area contributed by atoms with Crippen LogP contribution in [0.5, 0.6) is 0 Å². The van der Waals surface area contributed by atoms with E-state index in [2.05, 4.69) is 11.6 Å². The number of halogens is 13. The van der Waals surface area contributed by atoms with Crippen molar-refractivity contribution >= 4 is 21.4 Å². The third-order valence-corrected chi connectivity index (χ3v) is 3.80. The van der Waals surface area contributed by atoms with Gasteiger partial charge in [0.15, 0.2) is 0 Å². The number of rotatable bonds is 6. The zero-order valence-corrected chi connectivity index (χ0v) is 11.7. The molecule has 140 valence electrons. The molecule has 0 radical (unpaired) electrons. The molecule has 0 heterocycles. The van der Waals surface area contributed by atoms with Crippen LogP contribution in [0.15, 0.2) is 0 Å². The Kier molecular flexibility index (Phi) is 5.06. The van der Waals surface area contributed by atoms with E-state index in [4.69, 9.17) is 0 Å². The SMILES string of the molecule is CS(=O)(=O)C(F)(F)C(F)(F)C(F)(F)C(F)(F)C(F)(F)C(F)(F)Cl. The van der Waals surface area contributed by atoms with Gasteiger partial charge in [-0.05, 0) is 11.6 Å². The van der Waals surface area contributed by atoms with Crippen LogP contribution in [0.4, 0.5) is 52.7 Å². The number of hydrogen-bond donors (Lipinski definition) is 0. The first-order valence-corrected chi connectivity index (χ1v) is 6.92. The van der Waals surface area contributed by atoms with Crippen LogP contribution < -0.4 is 0 Å². The van der Waals surface area contributed by atoms with Crippen LogP contribution in [0.3, 0.4) is 0 Å². The lowest BCUT2D eigenvalue weighted by Gasteiger charge is -2.39. The predicted octanol–water partition coefficient (Wildman–Crippen LogP) is 4.00. The van der Waals surface area contributed by atoms with Gasteiger partial charge in [-0.3, -0.25) is 0 Å². The molecule has 0 N–H and O–H groups in total. The minimum Gasteiger partial charge on any atom is -0.223 e. The maximum absolute atomic E-state index is 12.9. The van der Waals surface area contributed by atoms with Gasteiger partial charge in [-0.2, -0.15) is 52.7 Å². The van der Waals surface area contributed by atoms with Crippen molar-refractivity contribution in [3.8, 4) is 0 Å². The summed E-state index contributed by atoms with van der Waals surface area (Å²) < 4.78 is 173. The van der Waals surface area contributed by atoms with Gasteiger partial charge in [0.25, 0.3) is 0 Å². The van der Waals surface area contributed by atoms with Crippen molar-refractivity contribution in [1.82, 2.24) is 0 Å².